The number of carbonyl (C=O) groups is 1. The smallest absolute Gasteiger partial charge is 0.305 e. The normalized spacial score (nSPS) is 21.3. The molecule has 1 aromatic rings. The van der Waals surface area contributed by atoms with Crippen LogP contribution in [0.25, 0.3) is 0 Å². The van der Waals surface area contributed by atoms with E-state index in [0.717, 1.165) is 12.1 Å². The van der Waals surface area contributed by atoms with Crippen molar-refractivity contribution in [1.29, 1.82) is 0 Å². The Kier molecular flexibility index (Phi) is 3.47. The number of nitrogens with zero attached hydrogens (tertiary/aromatic N) is 2. The lowest BCUT2D eigenvalue weighted by Gasteiger charge is -2.16. The highest BCUT2D eigenvalue weighted by molar-refractivity contribution is 6.34. The molecule has 1 unspecified atom stereocenters. The van der Waals surface area contributed by atoms with Crippen LogP contribution in [0.2, 0.25) is 5.02 Å². The van der Waals surface area contributed by atoms with Crippen LogP contribution < -0.4 is 0 Å². The third-order valence-corrected chi connectivity index (χ3v) is 3.46. The first-order valence-electron chi connectivity index (χ1n) is 5.64. The van der Waals surface area contributed by atoms with Crippen molar-refractivity contribution in [2.45, 2.75) is 25.9 Å². The molecule has 0 aromatic heterocycles. The number of oxime groups is 1. The molecular formula is C12H10ClFN2O4. The summed E-state index contributed by atoms with van der Waals surface area (Å²) in [6, 6.07) is 1.84. The number of Topliss-reactive ketones (excluding diaryl/α,β-unsaturated/α-hetero) is 1. The molecule has 1 atom stereocenters. The summed E-state index contributed by atoms with van der Waals surface area (Å²) in [5.74, 6) is -1.26. The number of benzene rings is 1. The molecule has 0 amide bonds. The maximum atomic E-state index is 13.4. The summed E-state index contributed by atoms with van der Waals surface area (Å²) in [7, 11) is 0. The highest BCUT2D eigenvalue weighted by atomic mass is 35.5. The minimum absolute atomic E-state index is 0.0248. The van der Waals surface area contributed by atoms with E-state index in [-0.39, 0.29) is 28.5 Å². The summed E-state index contributed by atoms with van der Waals surface area (Å²) in [6.07, 6.45) is 0.116. The molecule has 0 saturated heterocycles. The van der Waals surface area contributed by atoms with Crippen molar-refractivity contribution in [3.63, 3.8) is 0 Å². The van der Waals surface area contributed by atoms with Crippen LogP contribution in [0.5, 0.6) is 0 Å². The van der Waals surface area contributed by atoms with Gasteiger partial charge in [0.15, 0.2) is 11.4 Å². The van der Waals surface area contributed by atoms with Crippen molar-refractivity contribution in [2.75, 3.05) is 0 Å². The molecule has 8 heteroatoms. The van der Waals surface area contributed by atoms with Crippen LogP contribution in [0.3, 0.4) is 0 Å². The van der Waals surface area contributed by atoms with E-state index in [2.05, 4.69) is 5.16 Å². The zero-order valence-electron chi connectivity index (χ0n) is 10.6. The fraction of sp³-hybridized carbons (Fsp3) is 0.333. The van der Waals surface area contributed by atoms with Crippen molar-refractivity contribution < 1.29 is 18.9 Å². The molecule has 1 aliphatic rings. The molecular weight excluding hydrogens is 291 g/mol. The van der Waals surface area contributed by atoms with Crippen molar-refractivity contribution in [3.05, 3.63) is 38.7 Å². The van der Waals surface area contributed by atoms with Gasteiger partial charge in [-0.05, 0) is 13.8 Å². The zero-order chi connectivity index (χ0) is 15.1. The quantitative estimate of drug-likeness (QED) is 0.635. The van der Waals surface area contributed by atoms with Gasteiger partial charge in [-0.3, -0.25) is 14.9 Å². The number of carbonyl (C=O) groups excluding carboxylic acids is 1. The summed E-state index contributed by atoms with van der Waals surface area (Å²) >= 11 is 5.88. The van der Waals surface area contributed by atoms with Crippen LogP contribution in [0.4, 0.5) is 10.1 Å². The summed E-state index contributed by atoms with van der Waals surface area (Å²) in [5.41, 5.74) is -1.37. The number of hydrogen-bond acceptors (Lipinski definition) is 5. The Labute approximate surface area is 118 Å². The third kappa shape index (κ3) is 2.36. The highest BCUT2D eigenvalue weighted by Gasteiger charge is 2.40. The molecule has 1 aromatic carbocycles. The largest absolute Gasteiger partial charge is 0.381 e. The van der Waals surface area contributed by atoms with E-state index in [1.807, 2.05) is 0 Å². The van der Waals surface area contributed by atoms with Crippen LogP contribution in [-0.2, 0) is 9.63 Å². The second-order valence-electron chi connectivity index (χ2n) is 4.63. The molecule has 1 aliphatic heterocycles. The average molecular weight is 301 g/mol. The summed E-state index contributed by atoms with van der Waals surface area (Å²) in [5, 5.41) is 14.4. The van der Waals surface area contributed by atoms with Gasteiger partial charge in [-0.2, -0.15) is 4.39 Å². The minimum atomic E-state index is -1.12. The lowest BCUT2D eigenvalue weighted by molar-refractivity contribution is -0.387. The summed E-state index contributed by atoms with van der Waals surface area (Å²) in [4.78, 5) is 26.4. The minimum Gasteiger partial charge on any atom is -0.381 e. The Balaban J connectivity index is 2.43. The van der Waals surface area contributed by atoms with Crippen LogP contribution in [-0.4, -0.2) is 22.0 Å². The van der Waals surface area contributed by atoms with Crippen LogP contribution >= 0.6 is 11.6 Å². The van der Waals surface area contributed by atoms with E-state index in [1.54, 1.807) is 6.92 Å². The molecule has 20 heavy (non-hydrogen) atoms. The van der Waals surface area contributed by atoms with E-state index in [0.29, 0.717) is 0 Å². The van der Waals surface area contributed by atoms with Crippen LogP contribution in [0.1, 0.15) is 25.8 Å². The maximum absolute atomic E-state index is 13.4. The van der Waals surface area contributed by atoms with Crippen LogP contribution in [0, 0.1) is 15.9 Å². The molecule has 1 heterocycles. The van der Waals surface area contributed by atoms with Gasteiger partial charge >= 0.3 is 5.69 Å². The molecule has 2 rings (SSSR count). The van der Waals surface area contributed by atoms with Crippen molar-refractivity contribution in [1.82, 2.24) is 0 Å². The second-order valence-corrected chi connectivity index (χ2v) is 5.04. The number of hydrogen-bond donors (Lipinski definition) is 0. The number of rotatable bonds is 3. The van der Waals surface area contributed by atoms with Gasteiger partial charge in [-0.25, -0.2) is 0 Å². The topological polar surface area (TPSA) is 81.8 Å². The second kappa shape index (κ2) is 4.82. The van der Waals surface area contributed by atoms with E-state index in [4.69, 9.17) is 16.4 Å². The predicted molar refractivity (Wildman–Crippen MR) is 69.4 cm³/mol. The fourth-order valence-electron chi connectivity index (χ4n) is 1.77. The van der Waals surface area contributed by atoms with Gasteiger partial charge in [-0.15, -0.1) is 0 Å². The Bertz CT molecular complexity index is 647. The SMILES string of the molecule is CC(=O)C1(C)CC(c2cc([N+](=O)[O-])c(F)cc2Cl)=NO1. The van der Waals surface area contributed by atoms with Gasteiger partial charge in [0.25, 0.3) is 0 Å². The monoisotopic (exact) mass is 300 g/mol. The third-order valence-electron chi connectivity index (χ3n) is 3.15. The predicted octanol–water partition coefficient (Wildman–Crippen LogP) is 2.86. The average Bonchev–Trinajstić information content (AvgIpc) is 2.72. The van der Waals surface area contributed by atoms with Crippen molar-refractivity contribution >= 4 is 28.8 Å². The first-order chi connectivity index (χ1) is 9.24. The van der Waals surface area contributed by atoms with Gasteiger partial charge in [0.05, 0.1) is 15.7 Å². The fourth-order valence-corrected chi connectivity index (χ4v) is 2.03. The number of ketones is 1. The standard InChI is InChI=1S/C12H10ClFN2O4/c1-6(17)12(2)5-10(15-20-12)7-3-11(16(18)19)9(14)4-8(7)13/h3-4H,5H2,1-2H3. The molecule has 6 nitrogen and oxygen atoms in total. The first kappa shape index (κ1) is 14.4. The van der Waals surface area contributed by atoms with E-state index in [9.17, 15) is 19.3 Å². The molecule has 106 valence electrons. The molecule has 0 bridgehead atoms. The Morgan fingerprint density at radius 1 is 1.60 bits per heavy atom. The van der Waals surface area contributed by atoms with Crippen LogP contribution in [0.15, 0.2) is 17.3 Å². The number of halogens is 2. The van der Waals surface area contributed by atoms with Gasteiger partial charge < -0.3 is 4.84 Å². The Morgan fingerprint density at radius 3 is 2.75 bits per heavy atom. The van der Waals surface area contributed by atoms with Gasteiger partial charge in [-0.1, -0.05) is 16.8 Å². The van der Waals surface area contributed by atoms with E-state index >= 15 is 0 Å². The maximum Gasteiger partial charge on any atom is 0.305 e. The molecule has 0 radical (unpaired) electrons. The van der Waals surface area contributed by atoms with Crippen molar-refractivity contribution in [2.24, 2.45) is 5.16 Å². The molecule has 0 aliphatic carbocycles. The Hall–Kier alpha value is -2.02. The highest BCUT2D eigenvalue weighted by Crippen LogP contribution is 2.33. The number of nitro groups is 1. The molecule has 0 spiro atoms. The molecule has 0 fully saturated rings. The van der Waals surface area contributed by atoms with E-state index < -0.39 is 22.0 Å². The molecule has 0 saturated carbocycles. The molecule has 0 N–H and O–H groups in total. The lowest BCUT2D eigenvalue weighted by Crippen LogP contribution is -2.33. The van der Waals surface area contributed by atoms with Gasteiger partial charge in [0.2, 0.25) is 5.82 Å². The number of nitro benzene ring substituents is 1. The Morgan fingerprint density at radius 2 is 2.25 bits per heavy atom. The van der Waals surface area contributed by atoms with Crippen molar-refractivity contribution in [3.8, 4) is 0 Å². The first-order valence-corrected chi connectivity index (χ1v) is 6.02. The lowest BCUT2D eigenvalue weighted by atomic mass is 9.92. The van der Waals surface area contributed by atoms with E-state index in [1.165, 1.54) is 6.92 Å². The van der Waals surface area contributed by atoms with Gasteiger partial charge in [0, 0.05) is 24.1 Å². The summed E-state index contributed by atoms with van der Waals surface area (Å²) in [6.45, 7) is 2.91. The zero-order valence-corrected chi connectivity index (χ0v) is 11.4. The van der Waals surface area contributed by atoms with Gasteiger partial charge in [0.1, 0.15) is 0 Å². The summed E-state index contributed by atoms with van der Waals surface area (Å²) < 4.78 is 13.4.